The van der Waals surface area contributed by atoms with E-state index in [1.54, 1.807) is 0 Å². The Morgan fingerprint density at radius 3 is 1.74 bits per heavy atom. The van der Waals surface area contributed by atoms with Crippen LogP contribution < -0.4 is 0 Å². The van der Waals surface area contributed by atoms with E-state index in [0.29, 0.717) is 6.42 Å². The Kier molecular flexibility index (Phi) is 5.73. The topological polar surface area (TPSA) is 20.3 Å². The molecule has 0 aliphatic rings. The first-order valence-corrected chi connectivity index (χ1v) is 8.32. The van der Waals surface area contributed by atoms with Gasteiger partial charge in [0.25, 0.3) is 0 Å². The average Bonchev–Trinajstić information content (AvgIpc) is 2.56. The van der Waals surface area contributed by atoms with E-state index < -0.39 is 5.41 Å². The Morgan fingerprint density at radius 2 is 1.39 bits per heavy atom. The van der Waals surface area contributed by atoms with Crippen LogP contribution in [0.3, 0.4) is 0 Å². The van der Waals surface area contributed by atoms with Gasteiger partial charge in [0.2, 0.25) is 0 Å². The molecule has 0 radical (unpaired) electrons. The number of carbonyl (C=O) groups is 1. The van der Waals surface area contributed by atoms with E-state index >= 15 is 0 Å². The Labute approximate surface area is 140 Å². The number of hydrogen-bond donors (Lipinski definition) is 0. The van der Waals surface area contributed by atoms with Crippen LogP contribution in [0.2, 0.25) is 0 Å². The maximum atomic E-state index is 13.2. The molecule has 0 amide bonds. The number of carbonyl (C=O) groups excluding carboxylic acids is 1. The van der Waals surface area contributed by atoms with Crippen molar-refractivity contribution in [3.63, 3.8) is 0 Å². The molecular formula is C21H27NO. The highest BCUT2D eigenvalue weighted by Crippen LogP contribution is 2.41. The number of ketones is 1. The normalized spacial score (nSPS) is 13.1. The van der Waals surface area contributed by atoms with E-state index in [9.17, 15) is 4.79 Å². The van der Waals surface area contributed by atoms with Crippen LogP contribution in [-0.2, 0) is 10.2 Å². The quantitative estimate of drug-likeness (QED) is 0.766. The molecule has 0 heterocycles. The van der Waals surface area contributed by atoms with Crippen LogP contribution in [0.25, 0.3) is 0 Å². The van der Waals surface area contributed by atoms with E-state index in [0.717, 1.165) is 17.7 Å². The van der Waals surface area contributed by atoms with Crippen LogP contribution in [0.15, 0.2) is 60.7 Å². The van der Waals surface area contributed by atoms with Gasteiger partial charge in [-0.05, 0) is 31.1 Å². The van der Waals surface area contributed by atoms with Crippen LogP contribution in [0.4, 0.5) is 0 Å². The van der Waals surface area contributed by atoms with Crippen molar-refractivity contribution in [1.29, 1.82) is 0 Å². The molecule has 0 aliphatic heterocycles. The predicted octanol–water partition coefficient (Wildman–Crippen LogP) is 4.15. The molecular weight excluding hydrogens is 282 g/mol. The first-order chi connectivity index (χ1) is 11.0. The lowest BCUT2D eigenvalue weighted by atomic mass is 9.63. The fraction of sp³-hybridized carbons (Fsp3) is 0.381. The minimum absolute atomic E-state index is 0.176. The van der Waals surface area contributed by atoms with E-state index in [1.165, 1.54) is 0 Å². The van der Waals surface area contributed by atoms with Crippen LogP contribution in [0, 0.1) is 5.92 Å². The molecule has 2 nitrogen and oxygen atoms in total. The summed E-state index contributed by atoms with van der Waals surface area (Å²) in [6.07, 6.45) is 0.529. The minimum Gasteiger partial charge on any atom is -0.309 e. The SMILES string of the molecule is CCC(=O)C(c1ccccc1)(c1ccccc1)[C@@H](C)CN(C)C. The molecule has 1 atom stereocenters. The average molecular weight is 309 g/mol. The van der Waals surface area contributed by atoms with Gasteiger partial charge in [-0.1, -0.05) is 74.5 Å². The molecule has 2 aromatic rings. The second kappa shape index (κ2) is 7.56. The highest BCUT2D eigenvalue weighted by atomic mass is 16.1. The number of Topliss-reactive ketones (excluding diaryl/α,β-unsaturated/α-hetero) is 1. The molecule has 2 rings (SSSR count). The monoisotopic (exact) mass is 309 g/mol. The molecule has 0 N–H and O–H groups in total. The number of nitrogens with zero attached hydrogens (tertiary/aromatic N) is 1. The Balaban J connectivity index is 2.71. The number of hydrogen-bond acceptors (Lipinski definition) is 2. The zero-order chi connectivity index (χ0) is 16.9. The standard InChI is InChI=1S/C21H27NO/c1-5-20(23)21(17(2)16-22(3)4,18-12-8-6-9-13-18)19-14-10-7-11-15-19/h6-15,17H,5,16H2,1-4H3/t17-/m0/s1. The molecule has 0 unspecified atom stereocenters. The summed E-state index contributed by atoms with van der Waals surface area (Å²) in [7, 11) is 4.13. The van der Waals surface area contributed by atoms with E-state index in [-0.39, 0.29) is 11.7 Å². The Morgan fingerprint density at radius 1 is 0.957 bits per heavy atom. The summed E-state index contributed by atoms with van der Waals surface area (Å²) < 4.78 is 0. The van der Waals surface area contributed by atoms with Crippen molar-refractivity contribution >= 4 is 5.78 Å². The fourth-order valence-corrected chi connectivity index (χ4v) is 3.70. The molecule has 0 aromatic heterocycles. The zero-order valence-corrected chi connectivity index (χ0v) is 14.6. The predicted molar refractivity (Wildman–Crippen MR) is 96.7 cm³/mol. The van der Waals surface area contributed by atoms with Crippen molar-refractivity contribution in [1.82, 2.24) is 4.90 Å². The fourth-order valence-electron chi connectivity index (χ4n) is 3.70. The van der Waals surface area contributed by atoms with Crippen LogP contribution in [0.1, 0.15) is 31.4 Å². The Bertz CT molecular complexity index is 579. The third-order valence-corrected chi connectivity index (χ3v) is 4.60. The largest absolute Gasteiger partial charge is 0.309 e. The van der Waals surface area contributed by atoms with Gasteiger partial charge in [-0.25, -0.2) is 0 Å². The van der Waals surface area contributed by atoms with Gasteiger partial charge >= 0.3 is 0 Å². The van der Waals surface area contributed by atoms with Gasteiger partial charge in [-0.2, -0.15) is 0 Å². The van der Waals surface area contributed by atoms with Gasteiger partial charge in [0.05, 0.1) is 5.41 Å². The van der Waals surface area contributed by atoms with Gasteiger partial charge < -0.3 is 4.90 Å². The second-order valence-corrected chi connectivity index (χ2v) is 6.48. The summed E-state index contributed by atoms with van der Waals surface area (Å²) in [6, 6.07) is 20.5. The van der Waals surface area contributed by atoms with Gasteiger partial charge in [-0.15, -0.1) is 0 Å². The van der Waals surface area contributed by atoms with E-state index in [1.807, 2.05) is 43.3 Å². The first kappa shape index (κ1) is 17.4. The summed E-state index contributed by atoms with van der Waals surface area (Å²) in [4.78, 5) is 15.4. The molecule has 122 valence electrons. The van der Waals surface area contributed by atoms with Crippen molar-refractivity contribution in [2.75, 3.05) is 20.6 Å². The zero-order valence-electron chi connectivity index (χ0n) is 14.6. The van der Waals surface area contributed by atoms with E-state index in [2.05, 4.69) is 50.2 Å². The molecule has 2 aromatic carbocycles. The second-order valence-electron chi connectivity index (χ2n) is 6.48. The molecule has 0 bridgehead atoms. The summed E-state index contributed by atoms with van der Waals surface area (Å²) >= 11 is 0. The molecule has 0 fully saturated rings. The van der Waals surface area contributed by atoms with Gasteiger partial charge in [0.1, 0.15) is 5.78 Å². The molecule has 0 spiro atoms. The third kappa shape index (κ3) is 3.37. The highest BCUT2D eigenvalue weighted by molar-refractivity contribution is 5.94. The lowest BCUT2D eigenvalue weighted by Crippen LogP contribution is -2.46. The van der Waals surface area contributed by atoms with Crippen molar-refractivity contribution in [2.24, 2.45) is 5.92 Å². The maximum Gasteiger partial charge on any atom is 0.147 e. The Hall–Kier alpha value is -1.93. The molecule has 0 saturated heterocycles. The summed E-state index contributed by atoms with van der Waals surface area (Å²) in [5.74, 6) is 0.457. The lowest BCUT2D eigenvalue weighted by molar-refractivity contribution is -0.124. The summed E-state index contributed by atoms with van der Waals surface area (Å²) in [6.45, 7) is 5.01. The lowest BCUT2D eigenvalue weighted by Gasteiger charge is -2.40. The van der Waals surface area contributed by atoms with Crippen LogP contribution >= 0.6 is 0 Å². The van der Waals surface area contributed by atoms with Gasteiger partial charge in [0.15, 0.2) is 0 Å². The van der Waals surface area contributed by atoms with Crippen molar-refractivity contribution < 1.29 is 4.79 Å². The number of benzene rings is 2. The molecule has 0 aliphatic carbocycles. The number of rotatable bonds is 7. The maximum absolute atomic E-state index is 13.2. The van der Waals surface area contributed by atoms with Crippen molar-refractivity contribution in [3.05, 3.63) is 71.8 Å². The summed E-state index contributed by atoms with van der Waals surface area (Å²) in [5.41, 5.74) is 1.58. The van der Waals surface area contributed by atoms with Crippen LogP contribution in [0.5, 0.6) is 0 Å². The molecule has 2 heteroatoms. The highest BCUT2D eigenvalue weighted by Gasteiger charge is 2.45. The van der Waals surface area contributed by atoms with Crippen molar-refractivity contribution in [2.45, 2.75) is 25.7 Å². The van der Waals surface area contributed by atoms with Crippen molar-refractivity contribution in [3.8, 4) is 0 Å². The summed E-state index contributed by atoms with van der Waals surface area (Å²) in [5, 5.41) is 0. The van der Waals surface area contributed by atoms with Crippen LogP contribution in [-0.4, -0.2) is 31.3 Å². The molecule has 0 saturated carbocycles. The van der Waals surface area contributed by atoms with Gasteiger partial charge in [-0.3, -0.25) is 4.79 Å². The smallest absolute Gasteiger partial charge is 0.147 e. The van der Waals surface area contributed by atoms with E-state index in [4.69, 9.17) is 0 Å². The minimum atomic E-state index is -0.596. The molecule has 23 heavy (non-hydrogen) atoms. The first-order valence-electron chi connectivity index (χ1n) is 8.32. The third-order valence-electron chi connectivity index (χ3n) is 4.60. The van der Waals surface area contributed by atoms with Gasteiger partial charge in [0, 0.05) is 13.0 Å².